The van der Waals surface area contributed by atoms with E-state index in [4.69, 9.17) is 0 Å². The fraction of sp³-hybridized carbons (Fsp3) is 0.0870. The molecule has 0 bridgehead atoms. The van der Waals surface area contributed by atoms with Crippen LogP contribution in [-0.2, 0) is 10.8 Å². The third kappa shape index (κ3) is 3.25. The third-order valence-electron chi connectivity index (χ3n) is 5.06. The van der Waals surface area contributed by atoms with E-state index >= 15 is 0 Å². The van der Waals surface area contributed by atoms with Crippen LogP contribution in [0.25, 0.3) is 33.6 Å². The number of nitrogens with zero attached hydrogens (tertiary/aromatic N) is 1. The van der Waals surface area contributed by atoms with Crippen LogP contribution in [0.2, 0.25) is 0 Å². The number of nitrogens with one attached hydrogen (secondary N) is 2. The summed E-state index contributed by atoms with van der Waals surface area (Å²) in [6.45, 7) is 0.574. The molecule has 0 amide bonds. The smallest absolute Gasteiger partial charge is 0.142 e. The van der Waals surface area contributed by atoms with Crippen molar-refractivity contribution < 1.29 is 8.60 Å². The van der Waals surface area contributed by atoms with E-state index in [1.165, 1.54) is 6.07 Å². The van der Waals surface area contributed by atoms with Gasteiger partial charge in [0.05, 0.1) is 27.1 Å². The van der Waals surface area contributed by atoms with Crippen LogP contribution < -0.4 is 5.32 Å². The lowest BCUT2D eigenvalue weighted by Crippen LogP contribution is -2.20. The summed E-state index contributed by atoms with van der Waals surface area (Å²) in [5.74, 6) is -0.0137. The Hall–Kier alpha value is -3.25. The molecule has 0 saturated carbocycles. The SMILES string of the molecule is O=S1CCNc2cc(-c3cc(-c4ccncc4)c(-c4ccccc4)[nH]3)cc(F)c21. The van der Waals surface area contributed by atoms with Gasteiger partial charge in [0.25, 0.3) is 0 Å². The summed E-state index contributed by atoms with van der Waals surface area (Å²) in [5.41, 5.74) is 6.17. The molecule has 0 spiro atoms. The van der Waals surface area contributed by atoms with Crippen molar-refractivity contribution in [3.8, 4) is 33.6 Å². The number of aromatic amines is 1. The van der Waals surface area contributed by atoms with Gasteiger partial charge in [-0.15, -0.1) is 0 Å². The average Bonchev–Trinajstić information content (AvgIpc) is 3.20. The summed E-state index contributed by atoms with van der Waals surface area (Å²) in [6, 6.07) is 19.3. The maximum absolute atomic E-state index is 14.8. The first kappa shape index (κ1) is 17.8. The molecule has 2 aromatic heterocycles. The molecule has 0 fully saturated rings. The van der Waals surface area contributed by atoms with Gasteiger partial charge in [0, 0.05) is 41.5 Å². The van der Waals surface area contributed by atoms with Crippen LogP contribution in [0, 0.1) is 5.82 Å². The van der Waals surface area contributed by atoms with Crippen molar-refractivity contribution >= 4 is 16.5 Å². The fourth-order valence-corrected chi connectivity index (χ4v) is 4.84. The minimum atomic E-state index is -1.30. The number of hydrogen-bond donors (Lipinski definition) is 2. The van der Waals surface area contributed by atoms with E-state index in [9.17, 15) is 8.60 Å². The molecule has 1 aliphatic heterocycles. The molecule has 4 aromatic rings. The molecule has 2 aromatic carbocycles. The zero-order chi connectivity index (χ0) is 19.8. The van der Waals surface area contributed by atoms with Crippen LogP contribution in [-0.4, -0.2) is 26.5 Å². The molecule has 144 valence electrons. The van der Waals surface area contributed by atoms with Gasteiger partial charge in [0.2, 0.25) is 0 Å². The largest absolute Gasteiger partial charge is 0.383 e. The monoisotopic (exact) mass is 403 g/mol. The summed E-state index contributed by atoms with van der Waals surface area (Å²) in [5, 5.41) is 3.17. The molecule has 29 heavy (non-hydrogen) atoms. The zero-order valence-electron chi connectivity index (χ0n) is 15.5. The second-order valence-electron chi connectivity index (χ2n) is 6.88. The lowest BCUT2D eigenvalue weighted by Gasteiger charge is -2.19. The predicted molar refractivity (Wildman–Crippen MR) is 115 cm³/mol. The Morgan fingerprint density at radius 2 is 1.72 bits per heavy atom. The molecule has 1 aliphatic rings. The summed E-state index contributed by atoms with van der Waals surface area (Å²) < 4.78 is 27.0. The number of fused-ring (bicyclic) bond motifs is 1. The lowest BCUT2D eigenvalue weighted by molar-refractivity contribution is 0.595. The number of rotatable bonds is 3. The highest BCUT2D eigenvalue weighted by molar-refractivity contribution is 7.85. The molecule has 4 nitrogen and oxygen atoms in total. The van der Waals surface area contributed by atoms with Gasteiger partial charge in [-0.05, 0) is 41.5 Å². The average molecular weight is 403 g/mol. The van der Waals surface area contributed by atoms with E-state index in [-0.39, 0.29) is 4.90 Å². The Labute approximate surface area is 170 Å². The minimum absolute atomic E-state index is 0.268. The van der Waals surface area contributed by atoms with E-state index in [1.807, 2.05) is 54.6 Å². The number of benzene rings is 2. The van der Waals surface area contributed by atoms with Crippen molar-refractivity contribution in [1.82, 2.24) is 9.97 Å². The van der Waals surface area contributed by atoms with E-state index in [2.05, 4.69) is 15.3 Å². The van der Waals surface area contributed by atoms with Gasteiger partial charge in [-0.3, -0.25) is 9.19 Å². The van der Waals surface area contributed by atoms with Crippen LogP contribution in [0.4, 0.5) is 10.1 Å². The topological polar surface area (TPSA) is 57.8 Å². The van der Waals surface area contributed by atoms with Gasteiger partial charge in [0.1, 0.15) is 5.82 Å². The normalized spacial score (nSPS) is 15.6. The van der Waals surface area contributed by atoms with Crippen molar-refractivity contribution in [2.45, 2.75) is 4.90 Å². The van der Waals surface area contributed by atoms with Gasteiger partial charge in [-0.1, -0.05) is 30.3 Å². The van der Waals surface area contributed by atoms with Gasteiger partial charge in [-0.25, -0.2) is 4.39 Å². The second-order valence-corrected chi connectivity index (χ2v) is 8.39. The lowest BCUT2D eigenvalue weighted by atomic mass is 10.0. The molecule has 0 saturated heterocycles. The summed E-state index contributed by atoms with van der Waals surface area (Å²) >= 11 is 0. The molecule has 1 unspecified atom stereocenters. The Morgan fingerprint density at radius 3 is 2.52 bits per heavy atom. The van der Waals surface area contributed by atoms with Gasteiger partial charge in [0.15, 0.2) is 0 Å². The number of pyridine rings is 1. The van der Waals surface area contributed by atoms with Crippen LogP contribution in [0.1, 0.15) is 0 Å². The van der Waals surface area contributed by atoms with Gasteiger partial charge in [-0.2, -0.15) is 0 Å². The Kier molecular flexibility index (Phi) is 4.48. The Morgan fingerprint density at radius 1 is 0.931 bits per heavy atom. The molecular weight excluding hydrogens is 385 g/mol. The zero-order valence-corrected chi connectivity index (χ0v) is 16.3. The fourth-order valence-electron chi connectivity index (χ4n) is 3.69. The van der Waals surface area contributed by atoms with Crippen molar-refractivity contribution in [1.29, 1.82) is 0 Å². The predicted octanol–water partition coefficient (Wildman–Crippen LogP) is 5.08. The third-order valence-corrected chi connectivity index (χ3v) is 6.50. The molecular formula is C23H18FN3OS. The summed E-state index contributed by atoms with van der Waals surface area (Å²) in [6.07, 6.45) is 3.52. The van der Waals surface area contributed by atoms with Crippen molar-refractivity contribution in [3.63, 3.8) is 0 Å². The maximum atomic E-state index is 14.8. The Balaban J connectivity index is 1.68. The van der Waals surface area contributed by atoms with E-state index in [1.54, 1.807) is 12.4 Å². The van der Waals surface area contributed by atoms with Crippen molar-refractivity contribution in [2.24, 2.45) is 0 Å². The van der Waals surface area contributed by atoms with Gasteiger partial charge < -0.3 is 10.3 Å². The standard InChI is InChI=1S/C23H18FN3OS/c24-19-12-17(13-21-23(19)29(28)11-10-26-21)20-14-18(15-6-8-25-9-7-15)22(27-20)16-4-2-1-3-5-16/h1-9,12-14,26-27H,10-11H2. The number of H-pyrrole nitrogens is 1. The van der Waals surface area contributed by atoms with E-state index in [0.717, 1.165) is 28.1 Å². The van der Waals surface area contributed by atoms with E-state index < -0.39 is 16.6 Å². The molecule has 6 heteroatoms. The van der Waals surface area contributed by atoms with Crippen LogP contribution in [0.15, 0.2) is 78.0 Å². The first-order valence-corrected chi connectivity index (χ1v) is 10.7. The molecule has 5 rings (SSSR count). The molecule has 0 aliphatic carbocycles. The van der Waals surface area contributed by atoms with Crippen molar-refractivity contribution in [3.05, 3.63) is 78.9 Å². The second kappa shape index (κ2) is 7.29. The molecule has 1 atom stereocenters. The highest BCUT2D eigenvalue weighted by atomic mass is 32.2. The highest BCUT2D eigenvalue weighted by Crippen LogP contribution is 2.38. The first-order chi connectivity index (χ1) is 14.2. The van der Waals surface area contributed by atoms with Crippen LogP contribution in [0.5, 0.6) is 0 Å². The van der Waals surface area contributed by atoms with E-state index in [0.29, 0.717) is 23.5 Å². The minimum Gasteiger partial charge on any atom is -0.383 e. The number of hydrogen-bond acceptors (Lipinski definition) is 3. The maximum Gasteiger partial charge on any atom is 0.142 e. The first-order valence-electron chi connectivity index (χ1n) is 9.36. The molecule has 2 N–H and O–H groups in total. The van der Waals surface area contributed by atoms with Crippen LogP contribution >= 0.6 is 0 Å². The Bertz CT molecular complexity index is 1150. The summed E-state index contributed by atoms with van der Waals surface area (Å²) in [7, 11) is -1.30. The highest BCUT2D eigenvalue weighted by Gasteiger charge is 2.22. The van der Waals surface area contributed by atoms with Gasteiger partial charge >= 0.3 is 0 Å². The molecule has 0 radical (unpaired) electrons. The number of anilines is 1. The van der Waals surface area contributed by atoms with Crippen LogP contribution in [0.3, 0.4) is 0 Å². The number of aromatic nitrogens is 2. The summed E-state index contributed by atoms with van der Waals surface area (Å²) in [4.78, 5) is 7.84. The van der Waals surface area contributed by atoms with Crippen molar-refractivity contribution in [2.75, 3.05) is 17.6 Å². The molecule has 3 heterocycles. The quantitative estimate of drug-likeness (QED) is 0.501. The number of halogens is 1.